The lowest BCUT2D eigenvalue weighted by Crippen LogP contribution is -2.59. The Morgan fingerprint density at radius 2 is 1.66 bits per heavy atom. The molecule has 2 aliphatic rings. The highest BCUT2D eigenvalue weighted by atomic mass is 35.5. The van der Waals surface area contributed by atoms with Crippen LogP contribution in [0.5, 0.6) is 0 Å². The summed E-state index contributed by atoms with van der Waals surface area (Å²) < 4.78 is 29.5. The van der Waals surface area contributed by atoms with Gasteiger partial charge >= 0.3 is 0 Å². The van der Waals surface area contributed by atoms with Gasteiger partial charge in [0.1, 0.15) is 17.5 Å². The Hall–Kier alpha value is -2.64. The summed E-state index contributed by atoms with van der Waals surface area (Å²) in [7, 11) is 0. The van der Waals surface area contributed by atoms with Gasteiger partial charge in [-0.3, -0.25) is 19.3 Å². The molecule has 5 nitrogen and oxygen atoms in total. The third-order valence-corrected chi connectivity index (χ3v) is 5.77. The van der Waals surface area contributed by atoms with Crippen molar-refractivity contribution >= 4 is 29.2 Å². The topological polar surface area (TPSA) is 66.5 Å². The van der Waals surface area contributed by atoms with Gasteiger partial charge in [0.15, 0.2) is 5.78 Å². The number of hydrogen-bond acceptors (Lipinski definition) is 4. The number of alkyl halides is 1. The number of ketones is 1. The molecule has 1 fully saturated rings. The first-order valence-electron chi connectivity index (χ1n) is 9.19. The zero-order chi connectivity index (χ0) is 20.8. The molecule has 0 bridgehead atoms. The van der Waals surface area contributed by atoms with Crippen molar-refractivity contribution in [3.8, 4) is 0 Å². The van der Waals surface area contributed by atoms with Crippen LogP contribution >= 0.6 is 11.6 Å². The SMILES string of the molecule is O=C(c1ccc(F)cc1Cl)C(N1C(=O)c2ccccc2C1=O)C1(F)CCNCC1. The number of benzene rings is 2. The molecular weight excluding hydrogens is 402 g/mol. The summed E-state index contributed by atoms with van der Waals surface area (Å²) in [4.78, 5) is 40.1. The van der Waals surface area contributed by atoms with Gasteiger partial charge in [-0.2, -0.15) is 0 Å². The van der Waals surface area contributed by atoms with E-state index in [-0.39, 0.29) is 34.6 Å². The number of halogens is 3. The van der Waals surface area contributed by atoms with E-state index in [9.17, 15) is 18.8 Å². The van der Waals surface area contributed by atoms with Crippen LogP contribution in [-0.2, 0) is 0 Å². The molecule has 0 spiro atoms. The van der Waals surface area contributed by atoms with Gasteiger partial charge in [-0.15, -0.1) is 0 Å². The fourth-order valence-corrected chi connectivity index (χ4v) is 4.24. The Labute approximate surface area is 170 Å². The van der Waals surface area contributed by atoms with E-state index in [0.717, 1.165) is 18.2 Å². The maximum absolute atomic E-state index is 16.1. The summed E-state index contributed by atoms with van der Waals surface area (Å²) >= 11 is 6.04. The number of nitrogens with zero attached hydrogens (tertiary/aromatic N) is 1. The molecule has 2 aliphatic heterocycles. The molecule has 2 aromatic carbocycles. The summed E-state index contributed by atoms with van der Waals surface area (Å²) in [5.41, 5.74) is -2.02. The van der Waals surface area contributed by atoms with E-state index in [1.54, 1.807) is 12.1 Å². The molecule has 2 aromatic rings. The highest BCUT2D eigenvalue weighted by Crippen LogP contribution is 2.38. The zero-order valence-electron chi connectivity index (χ0n) is 15.3. The van der Waals surface area contributed by atoms with Crippen LogP contribution in [0.15, 0.2) is 42.5 Å². The van der Waals surface area contributed by atoms with Gasteiger partial charge in [0.25, 0.3) is 11.8 Å². The number of fused-ring (bicyclic) bond motifs is 1. The van der Waals surface area contributed by atoms with Crippen molar-refractivity contribution in [2.24, 2.45) is 0 Å². The van der Waals surface area contributed by atoms with Crippen molar-refractivity contribution in [1.82, 2.24) is 10.2 Å². The second-order valence-electron chi connectivity index (χ2n) is 7.20. The van der Waals surface area contributed by atoms with E-state index in [1.807, 2.05) is 0 Å². The van der Waals surface area contributed by atoms with Gasteiger partial charge in [-0.05, 0) is 56.3 Å². The van der Waals surface area contributed by atoms with Crippen LogP contribution in [0.25, 0.3) is 0 Å². The molecule has 4 rings (SSSR count). The highest BCUT2D eigenvalue weighted by Gasteiger charge is 2.54. The van der Waals surface area contributed by atoms with Gasteiger partial charge in [-0.1, -0.05) is 23.7 Å². The second-order valence-corrected chi connectivity index (χ2v) is 7.61. The van der Waals surface area contributed by atoms with Crippen molar-refractivity contribution in [2.75, 3.05) is 13.1 Å². The number of carbonyl (C=O) groups is 3. The Morgan fingerprint density at radius 1 is 1.07 bits per heavy atom. The molecule has 0 radical (unpaired) electrons. The second kappa shape index (κ2) is 7.31. The third-order valence-electron chi connectivity index (χ3n) is 5.45. The Morgan fingerprint density at radius 3 is 2.21 bits per heavy atom. The predicted molar refractivity (Wildman–Crippen MR) is 102 cm³/mol. The number of hydrogen-bond donors (Lipinski definition) is 1. The maximum Gasteiger partial charge on any atom is 0.262 e. The molecular formula is C21H17ClF2N2O3. The molecule has 2 amide bonds. The summed E-state index contributed by atoms with van der Waals surface area (Å²) in [6.07, 6.45) is -0.120. The lowest BCUT2D eigenvalue weighted by molar-refractivity contribution is 0.0104. The fourth-order valence-electron chi connectivity index (χ4n) is 3.98. The van der Waals surface area contributed by atoms with E-state index < -0.39 is 35.1 Å². The lowest BCUT2D eigenvalue weighted by Gasteiger charge is -2.40. The van der Waals surface area contributed by atoms with Gasteiger partial charge in [0.2, 0.25) is 0 Å². The van der Waals surface area contributed by atoms with Gasteiger partial charge in [0.05, 0.1) is 16.1 Å². The molecule has 0 aliphatic carbocycles. The number of amides is 2. The molecule has 29 heavy (non-hydrogen) atoms. The van der Waals surface area contributed by atoms with E-state index >= 15 is 4.39 Å². The summed E-state index contributed by atoms with van der Waals surface area (Å²) in [6, 6.07) is 7.56. The van der Waals surface area contributed by atoms with Crippen molar-refractivity contribution < 1.29 is 23.2 Å². The Balaban J connectivity index is 1.83. The molecule has 8 heteroatoms. The Bertz CT molecular complexity index is 986. The monoisotopic (exact) mass is 418 g/mol. The van der Waals surface area contributed by atoms with E-state index in [1.165, 1.54) is 12.1 Å². The third kappa shape index (κ3) is 3.24. The smallest absolute Gasteiger partial charge is 0.262 e. The molecule has 2 heterocycles. The molecule has 1 unspecified atom stereocenters. The predicted octanol–water partition coefficient (Wildman–Crippen LogP) is 3.42. The van der Waals surface area contributed by atoms with Crippen LogP contribution in [0.1, 0.15) is 43.9 Å². The van der Waals surface area contributed by atoms with E-state index in [4.69, 9.17) is 11.6 Å². The summed E-state index contributed by atoms with van der Waals surface area (Å²) in [5, 5.41) is 2.81. The highest BCUT2D eigenvalue weighted by molar-refractivity contribution is 6.34. The van der Waals surface area contributed by atoms with Crippen LogP contribution < -0.4 is 5.32 Å². The van der Waals surface area contributed by atoms with Crippen LogP contribution in [0, 0.1) is 5.82 Å². The first-order chi connectivity index (χ1) is 13.8. The van der Waals surface area contributed by atoms with Crippen molar-refractivity contribution in [3.63, 3.8) is 0 Å². The average molecular weight is 419 g/mol. The van der Waals surface area contributed by atoms with Crippen molar-refractivity contribution in [2.45, 2.75) is 24.6 Å². The standard InChI is InChI=1S/C21H17ClF2N2O3/c22-16-11-12(23)5-6-15(16)17(27)18(21(24)7-9-25-10-8-21)26-19(28)13-3-1-2-4-14(13)20(26)29/h1-6,11,18,25H,7-10H2. The number of piperidine rings is 1. The minimum Gasteiger partial charge on any atom is -0.316 e. The molecule has 1 N–H and O–H groups in total. The average Bonchev–Trinajstić information content (AvgIpc) is 2.94. The number of carbonyl (C=O) groups excluding carboxylic acids is 3. The number of rotatable bonds is 4. The van der Waals surface area contributed by atoms with E-state index in [0.29, 0.717) is 18.0 Å². The van der Waals surface area contributed by atoms with Crippen molar-refractivity contribution in [1.29, 1.82) is 0 Å². The quantitative estimate of drug-likeness (QED) is 0.610. The molecule has 1 saturated heterocycles. The normalized spacial score (nSPS) is 19.2. The molecule has 0 saturated carbocycles. The van der Waals surface area contributed by atoms with Gasteiger partial charge < -0.3 is 5.32 Å². The largest absolute Gasteiger partial charge is 0.316 e. The van der Waals surface area contributed by atoms with Crippen LogP contribution in [-0.4, -0.2) is 47.3 Å². The summed E-state index contributed by atoms with van der Waals surface area (Å²) in [6.45, 7) is 0.585. The molecule has 0 aromatic heterocycles. The minimum atomic E-state index is -2.13. The lowest BCUT2D eigenvalue weighted by atomic mass is 9.81. The van der Waals surface area contributed by atoms with Crippen LogP contribution in [0.2, 0.25) is 5.02 Å². The maximum atomic E-state index is 16.1. The summed E-state index contributed by atoms with van der Waals surface area (Å²) in [5.74, 6) is -2.93. The van der Waals surface area contributed by atoms with Gasteiger partial charge in [-0.25, -0.2) is 8.78 Å². The molecule has 150 valence electrons. The van der Waals surface area contributed by atoms with Gasteiger partial charge in [0, 0.05) is 5.56 Å². The van der Waals surface area contributed by atoms with E-state index in [2.05, 4.69) is 5.32 Å². The van der Waals surface area contributed by atoms with Crippen LogP contribution in [0.3, 0.4) is 0 Å². The number of imide groups is 1. The van der Waals surface area contributed by atoms with Crippen LogP contribution in [0.4, 0.5) is 8.78 Å². The fraction of sp³-hybridized carbons (Fsp3) is 0.286. The molecule has 1 atom stereocenters. The first-order valence-corrected chi connectivity index (χ1v) is 9.57. The minimum absolute atomic E-state index is 0.0599. The first kappa shape index (κ1) is 19.7. The zero-order valence-corrected chi connectivity index (χ0v) is 16.0. The number of Topliss-reactive ketones (excluding diaryl/α,β-unsaturated/α-hetero) is 1. The Kier molecular flexibility index (Phi) is 4.96. The number of nitrogens with one attached hydrogen (secondary N) is 1. The van der Waals surface area contributed by atoms with Crippen molar-refractivity contribution in [3.05, 3.63) is 70.0 Å².